The molecular weight excluding hydrogens is 194 g/mol. The van der Waals surface area contributed by atoms with E-state index in [4.69, 9.17) is 0 Å². The standard InChI is InChI=1S/C9H11N5O/c1-10-9-13-12-8(14(9)2)6-3-7(15)5-11-4-6/h3-5,15H,1-2H3,(H,10,13). The van der Waals surface area contributed by atoms with Crippen molar-refractivity contribution in [2.45, 2.75) is 0 Å². The lowest BCUT2D eigenvalue weighted by Gasteiger charge is -2.02. The highest BCUT2D eigenvalue weighted by Gasteiger charge is 2.09. The minimum absolute atomic E-state index is 0.113. The second-order valence-corrected chi connectivity index (χ2v) is 3.09. The van der Waals surface area contributed by atoms with E-state index >= 15 is 0 Å². The van der Waals surface area contributed by atoms with Crippen LogP contribution < -0.4 is 5.32 Å². The van der Waals surface area contributed by atoms with Crippen LogP contribution in [-0.2, 0) is 7.05 Å². The SMILES string of the molecule is CNc1nnc(-c2cncc(O)c2)n1C. The Labute approximate surface area is 86.6 Å². The predicted octanol–water partition coefficient (Wildman–Crippen LogP) is 0.624. The highest BCUT2D eigenvalue weighted by molar-refractivity contribution is 5.57. The van der Waals surface area contributed by atoms with E-state index in [0.29, 0.717) is 11.8 Å². The summed E-state index contributed by atoms with van der Waals surface area (Å²) in [7, 11) is 3.61. The van der Waals surface area contributed by atoms with Gasteiger partial charge < -0.3 is 10.4 Å². The van der Waals surface area contributed by atoms with Crippen LogP contribution in [0.1, 0.15) is 0 Å². The van der Waals surface area contributed by atoms with Crippen molar-refractivity contribution >= 4 is 5.95 Å². The zero-order valence-corrected chi connectivity index (χ0v) is 8.47. The molecule has 78 valence electrons. The number of pyridine rings is 1. The summed E-state index contributed by atoms with van der Waals surface area (Å²) < 4.78 is 1.79. The average Bonchev–Trinajstić information content (AvgIpc) is 2.59. The lowest BCUT2D eigenvalue weighted by molar-refractivity contribution is 0.473. The normalized spacial score (nSPS) is 10.3. The molecule has 2 heterocycles. The number of aromatic nitrogens is 4. The van der Waals surface area contributed by atoms with E-state index in [1.165, 1.54) is 6.20 Å². The van der Waals surface area contributed by atoms with Gasteiger partial charge in [-0.2, -0.15) is 0 Å². The van der Waals surface area contributed by atoms with Crippen LogP contribution in [0.25, 0.3) is 11.4 Å². The molecule has 2 N–H and O–H groups in total. The summed E-state index contributed by atoms with van der Waals surface area (Å²) >= 11 is 0. The first-order chi connectivity index (χ1) is 7.22. The van der Waals surface area contributed by atoms with Gasteiger partial charge in [0.15, 0.2) is 5.82 Å². The minimum atomic E-state index is 0.113. The quantitative estimate of drug-likeness (QED) is 0.751. The second-order valence-electron chi connectivity index (χ2n) is 3.09. The second kappa shape index (κ2) is 3.56. The third kappa shape index (κ3) is 1.61. The monoisotopic (exact) mass is 205 g/mol. The summed E-state index contributed by atoms with van der Waals surface area (Å²) in [5.41, 5.74) is 0.728. The third-order valence-corrected chi connectivity index (χ3v) is 2.08. The van der Waals surface area contributed by atoms with E-state index in [9.17, 15) is 5.11 Å². The van der Waals surface area contributed by atoms with E-state index in [-0.39, 0.29) is 5.75 Å². The Bertz CT molecular complexity index is 479. The summed E-state index contributed by atoms with van der Waals surface area (Å²) in [5, 5.41) is 20.1. The maximum absolute atomic E-state index is 9.29. The molecule has 0 fully saturated rings. The summed E-state index contributed by atoms with van der Waals surface area (Å²) in [6.07, 6.45) is 3.00. The smallest absolute Gasteiger partial charge is 0.224 e. The Morgan fingerprint density at radius 1 is 1.33 bits per heavy atom. The molecular formula is C9H11N5O. The molecule has 0 aliphatic carbocycles. The summed E-state index contributed by atoms with van der Waals surface area (Å²) in [5.74, 6) is 1.43. The van der Waals surface area contributed by atoms with Crippen molar-refractivity contribution in [3.63, 3.8) is 0 Å². The molecule has 0 aliphatic rings. The van der Waals surface area contributed by atoms with Crippen LogP contribution in [0, 0.1) is 0 Å². The van der Waals surface area contributed by atoms with Crippen LogP contribution in [0.2, 0.25) is 0 Å². The first-order valence-electron chi connectivity index (χ1n) is 4.44. The Hall–Kier alpha value is -2.11. The van der Waals surface area contributed by atoms with Crippen LogP contribution in [0.15, 0.2) is 18.5 Å². The molecule has 2 aromatic heterocycles. The zero-order valence-electron chi connectivity index (χ0n) is 8.47. The Balaban J connectivity index is 2.49. The number of rotatable bonds is 2. The summed E-state index contributed by atoms with van der Waals surface area (Å²) in [6.45, 7) is 0. The Morgan fingerprint density at radius 2 is 2.13 bits per heavy atom. The van der Waals surface area contributed by atoms with E-state index in [1.54, 1.807) is 23.9 Å². The number of aromatic hydroxyl groups is 1. The highest BCUT2D eigenvalue weighted by Crippen LogP contribution is 2.21. The summed E-state index contributed by atoms with van der Waals surface area (Å²) in [4.78, 5) is 3.89. The van der Waals surface area contributed by atoms with Crippen molar-refractivity contribution in [1.82, 2.24) is 19.7 Å². The fraction of sp³-hybridized carbons (Fsp3) is 0.222. The van der Waals surface area contributed by atoms with Crippen LogP contribution >= 0.6 is 0 Å². The van der Waals surface area contributed by atoms with Gasteiger partial charge in [0.1, 0.15) is 5.75 Å². The fourth-order valence-electron chi connectivity index (χ4n) is 1.35. The molecule has 0 aromatic carbocycles. The highest BCUT2D eigenvalue weighted by atomic mass is 16.3. The number of hydrogen-bond acceptors (Lipinski definition) is 5. The van der Waals surface area contributed by atoms with Crippen molar-refractivity contribution in [2.75, 3.05) is 12.4 Å². The van der Waals surface area contributed by atoms with Crippen molar-refractivity contribution in [2.24, 2.45) is 7.05 Å². The van der Waals surface area contributed by atoms with Gasteiger partial charge >= 0.3 is 0 Å². The molecule has 0 bridgehead atoms. The van der Waals surface area contributed by atoms with Gasteiger partial charge in [-0.1, -0.05) is 0 Å². The van der Waals surface area contributed by atoms with Crippen LogP contribution in [-0.4, -0.2) is 31.9 Å². The third-order valence-electron chi connectivity index (χ3n) is 2.08. The minimum Gasteiger partial charge on any atom is -0.506 e. The molecule has 0 amide bonds. The van der Waals surface area contributed by atoms with Crippen molar-refractivity contribution in [3.05, 3.63) is 18.5 Å². The van der Waals surface area contributed by atoms with E-state index < -0.39 is 0 Å². The Kier molecular flexibility index (Phi) is 2.24. The van der Waals surface area contributed by atoms with Gasteiger partial charge in [0.05, 0.1) is 6.20 Å². The van der Waals surface area contributed by atoms with Crippen molar-refractivity contribution in [1.29, 1.82) is 0 Å². The van der Waals surface area contributed by atoms with Gasteiger partial charge in [-0.25, -0.2) is 0 Å². The van der Waals surface area contributed by atoms with Crippen LogP contribution in [0.5, 0.6) is 5.75 Å². The predicted molar refractivity (Wildman–Crippen MR) is 55.4 cm³/mol. The number of nitrogens with one attached hydrogen (secondary N) is 1. The Morgan fingerprint density at radius 3 is 2.73 bits per heavy atom. The van der Waals surface area contributed by atoms with Crippen LogP contribution in [0.4, 0.5) is 5.95 Å². The molecule has 2 rings (SSSR count). The molecule has 2 aromatic rings. The number of anilines is 1. The van der Waals surface area contributed by atoms with Gasteiger partial charge in [-0.3, -0.25) is 9.55 Å². The molecule has 6 nitrogen and oxygen atoms in total. The number of hydrogen-bond donors (Lipinski definition) is 2. The van der Waals surface area contributed by atoms with Gasteiger partial charge in [-0.05, 0) is 6.07 Å². The van der Waals surface area contributed by atoms with Crippen molar-refractivity contribution in [3.8, 4) is 17.1 Å². The molecule has 0 saturated heterocycles. The van der Waals surface area contributed by atoms with Gasteiger partial charge in [0.2, 0.25) is 5.95 Å². The lowest BCUT2D eigenvalue weighted by atomic mass is 10.2. The van der Waals surface area contributed by atoms with Crippen molar-refractivity contribution < 1.29 is 5.11 Å². The van der Waals surface area contributed by atoms with E-state index in [0.717, 1.165) is 5.56 Å². The first-order valence-corrected chi connectivity index (χ1v) is 4.44. The largest absolute Gasteiger partial charge is 0.506 e. The molecule has 0 atom stereocenters. The molecule has 0 unspecified atom stereocenters. The maximum Gasteiger partial charge on any atom is 0.224 e. The first kappa shape index (κ1) is 9.45. The van der Waals surface area contributed by atoms with Gasteiger partial charge in [0, 0.05) is 25.9 Å². The topological polar surface area (TPSA) is 75.9 Å². The molecule has 0 spiro atoms. The van der Waals surface area contributed by atoms with E-state index in [1.807, 2.05) is 7.05 Å². The molecule has 0 saturated carbocycles. The fourth-order valence-corrected chi connectivity index (χ4v) is 1.35. The molecule has 6 heteroatoms. The maximum atomic E-state index is 9.29. The average molecular weight is 205 g/mol. The number of nitrogens with zero attached hydrogens (tertiary/aromatic N) is 4. The molecule has 15 heavy (non-hydrogen) atoms. The van der Waals surface area contributed by atoms with Gasteiger partial charge in [0.25, 0.3) is 0 Å². The van der Waals surface area contributed by atoms with Crippen LogP contribution in [0.3, 0.4) is 0 Å². The summed E-state index contributed by atoms with van der Waals surface area (Å²) in [6, 6.07) is 1.59. The lowest BCUT2D eigenvalue weighted by Crippen LogP contribution is -1.99. The van der Waals surface area contributed by atoms with E-state index in [2.05, 4.69) is 20.5 Å². The zero-order chi connectivity index (χ0) is 10.8. The van der Waals surface area contributed by atoms with Gasteiger partial charge in [-0.15, -0.1) is 10.2 Å². The molecule has 0 radical (unpaired) electrons. The molecule has 0 aliphatic heterocycles.